The Bertz CT molecular complexity index is 434. The van der Waals surface area contributed by atoms with Crippen molar-refractivity contribution in [3.63, 3.8) is 0 Å². The number of anilines is 1. The molecule has 4 nitrogen and oxygen atoms in total. The average molecular weight is 296 g/mol. The number of hydrogen-bond acceptors (Lipinski definition) is 4. The largest absolute Gasteiger partial charge is 0.494 e. The van der Waals surface area contributed by atoms with E-state index < -0.39 is 0 Å². The number of nitrogen functional groups attached to an aromatic ring is 1. The molecule has 0 unspecified atom stereocenters. The quantitative estimate of drug-likeness (QED) is 0.571. The van der Waals surface area contributed by atoms with E-state index >= 15 is 0 Å². The summed E-state index contributed by atoms with van der Waals surface area (Å²) in [6, 6.07) is 5.79. The molecule has 0 radical (unpaired) electrons. The Labute approximate surface area is 125 Å². The van der Waals surface area contributed by atoms with Crippen LogP contribution >= 0.6 is 11.8 Å². The highest BCUT2D eigenvalue weighted by atomic mass is 32.2. The number of hydrogen-bond donors (Lipinski definition) is 2. The van der Waals surface area contributed by atoms with Gasteiger partial charge in [-0.25, -0.2) is 0 Å². The van der Waals surface area contributed by atoms with Crippen molar-refractivity contribution >= 4 is 23.4 Å². The maximum atomic E-state index is 11.9. The maximum Gasteiger partial charge on any atom is 0.230 e. The number of carbonyl (C=O) groups is 1. The molecular formula is C15H24N2O2S. The Hall–Kier alpha value is -1.36. The van der Waals surface area contributed by atoms with Gasteiger partial charge in [-0.05, 0) is 38.0 Å². The van der Waals surface area contributed by atoms with E-state index in [-0.39, 0.29) is 11.9 Å². The molecule has 0 aliphatic carbocycles. The Morgan fingerprint density at radius 3 is 2.65 bits per heavy atom. The van der Waals surface area contributed by atoms with Crippen molar-refractivity contribution in [2.45, 2.75) is 44.6 Å². The molecule has 0 fully saturated rings. The second-order valence-electron chi connectivity index (χ2n) is 4.50. The molecule has 0 heterocycles. The molecule has 3 N–H and O–H groups in total. The summed E-state index contributed by atoms with van der Waals surface area (Å²) in [5.41, 5.74) is 6.59. The van der Waals surface area contributed by atoms with Crippen molar-refractivity contribution in [3.8, 4) is 5.75 Å². The molecule has 0 saturated carbocycles. The molecule has 0 aliphatic heterocycles. The van der Waals surface area contributed by atoms with Gasteiger partial charge in [0.25, 0.3) is 0 Å². The van der Waals surface area contributed by atoms with Crippen molar-refractivity contribution in [1.82, 2.24) is 5.32 Å². The van der Waals surface area contributed by atoms with Gasteiger partial charge >= 0.3 is 0 Å². The fourth-order valence-electron chi connectivity index (χ4n) is 1.80. The molecule has 0 bridgehead atoms. The van der Waals surface area contributed by atoms with Gasteiger partial charge in [-0.3, -0.25) is 4.79 Å². The first-order chi connectivity index (χ1) is 9.60. The van der Waals surface area contributed by atoms with E-state index in [4.69, 9.17) is 10.5 Å². The van der Waals surface area contributed by atoms with Gasteiger partial charge in [0.2, 0.25) is 5.91 Å². The Kier molecular flexibility index (Phi) is 7.30. The summed E-state index contributed by atoms with van der Waals surface area (Å²) in [4.78, 5) is 12.7. The zero-order valence-corrected chi connectivity index (χ0v) is 13.3. The van der Waals surface area contributed by atoms with E-state index in [1.807, 2.05) is 25.1 Å². The molecule has 0 aromatic heterocycles. The van der Waals surface area contributed by atoms with E-state index in [0.29, 0.717) is 18.0 Å². The highest BCUT2D eigenvalue weighted by Crippen LogP contribution is 2.29. The standard InChI is InChI=1S/C15H24N2O2S/c1-4-11(5-2)17-15(18)10-20-14-9-12(19-6-3)7-8-13(14)16/h7-9,11H,4-6,10,16H2,1-3H3,(H,17,18). The van der Waals surface area contributed by atoms with Crippen molar-refractivity contribution in [2.24, 2.45) is 0 Å². The van der Waals surface area contributed by atoms with Crippen LogP contribution in [-0.2, 0) is 4.79 Å². The SMILES string of the molecule is CCOc1ccc(N)c(SCC(=O)NC(CC)CC)c1. The van der Waals surface area contributed by atoms with Gasteiger partial charge < -0.3 is 15.8 Å². The van der Waals surface area contributed by atoms with Gasteiger partial charge in [0.1, 0.15) is 5.75 Å². The van der Waals surface area contributed by atoms with E-state index in [1.54, 1.807) is 0 Å². The number of nitrogens with two attached hydrogens (primary N) is 1. The summed E-state index contributed by atoms with van der Waals surface area (Å²) in [6.07, 6.45) is 1.91. The summed E-state index contributed by atoms with van der Waals surface area (Å²) in [5, 5.41) is 3.01. The lowest BCUT2D eigenvalue weighted by atomic mass is 10.2. The van der Waals surface area contributed by atoms with Crippen molar-refractivity contribution in [2.75, 3.05) is 18.1 Å². The fraction of sp³-hybridized carbons (Fsp3) is 0.533. The number of nitrogens with one attached hydrogen (secondary N) is 1. The van der Waals surface area contributed by atoms with Crippen molar-refractivity contribution in [3.05, 3.63) is 18.2 Å². The number of benzene rings is 1. The van der Waals surface area contributed by atoms with Crippen LogP contribution in [0.2, 0.25) is 0 Å². The number of ether oxygens (including phenoxy) is 1. The highest BCUT2D eigenvalue weighted by Gasteiger charge is 2.10. The van der Waals surface area contributed by atoms with E-state index in [9.17, 15) is 4.79 Å². The van der Waals surface area contributed by atoms with Gasteiger partial charge in [-0.15, -0.1) is 11.8 Å². The van der Waals surface area contributed by atoms with Crippen LogP contribution in [0.4, 0.5) is 5.69 Å². The van der Waals surface area contributed by atoms with Crippen molar-refractivity contribution in [1.29, 1.82) is 0 Å². The smallest absolute Gasteiger partial charge is 0.230 e. The number of carbonyl (C=O) groups excluding carboxylic acids is 1. The molecule has 1 rings (SSSR count). The summed E-state index contributed by atoms with van der Waals surface area (Å²) in [7, 11) is 0. The Morgan fingerprint density at radius 2 is 2.05 bits per heavy atom. The fourth-order valence-corrected chi connectivity index (χ4v) is 2.61. The first-order valence-electron chi connectivity index (χ1n) is 7.05. The summed E-state index contributed by atoms with van der Waals surface area (Å²) in [5.74, 6) is 1.20. The van der Waals surface area contributed by atoms with Gasteiger partial charge in [-0.2, -0.15) is 0 Å². The van der Waals surface area contributed by atoms with Crippen LogP contribution in [0.5, 0.6) is 5.75 Å². The minimum Gasteiger partial charge on any atom is -0.494 e. The summed E-state index contributed by atoms with van der Waals surface area (Å²) in [6.45, 7) is 6.70. The third kappa shape index (κ3) is 5.33. The third-order valence-corrected chi connectivity index (χ3v) is 4.08. The summed E-state index contributed by atoms with van der Waals surface area (Å²) < 4.78 is 5.44. The first kappa shape index (κ1) is 16.7. The molecular weight excluding hydrogens is 272 g/mol. The third-order valence-electron chi connectivity index (χ3n) is 3.01. The minimum absolute atomic E-state index is 0.0462. The van der Waals surface area contributed by atoms with Crippen LogP contribution in [0, 0.1) is 0 Å². The lowest BCUT2D eigenvalue weighted by molar-refractivity contribution is -0.119. The molecule has 1 amide bonds. The van der Waals surface area contributed by atoms with Crippen LogP contribution in [0.15, 0.2) is 23.1 Å². The molecule has 0 saturated heterocycles. The van der Waals surface area contributed by atoms with Crippen LogP contribution in [0.1, 0.15) is 33.6 Å². The number of thioether (sulfide) groups is 1. The van der Waals surface area contributed by atoms with Crippen LogP contribution in [0.3, 0.4) is 0 Å². The lowest BCUT2D eigenvalue weighted by Gasteiger charge is -2.15. The molecule has 20 heavy (non-hydrogen) atoms. The molecule has 1 aromatic rings. The van der Waals surface area contributed by atoms with Gasteiger partial charge in [-0.1, -0.05) is 13.8 Å². The molecule has 0 spiro atoms. The minimum atomic E-state index is 0.0462. The topological polar surface area (TPSA) is 64.3 Å². The molecule has 112 valence electrons. The zero-order chi connectivity index (χ0) is 15.0. The van der Waals surface area contributed by atoms with Gasteiger partial charge in [0.15, 0.2) is 0 Å². The van der Waals surface area contributed by atoms with E-state index in [1.165, 1.54) is 11.8 Å². The predicted octanol–water partition coefficient (Wildman–Crippen LogP) is 3.06. The first-order valence-corrected chi connectivity index (χ1v) is 8.03. The van der Waals surface area contributed by atoms with E-state index in [0.717, 1.165) is 23.5 Å². The van der Waals surface area contributed by atoms with E-state index in [2.05, 4.69) is 19.2 Å². The summed E-state index contributed by atoms with van der Waals surface area (Å²) >= 11 is 1.44. The molecule has 0 atom stereocenters. The van der Waals surface area contributed by atoms with Crippen LogP contribution in [-0.4, -0.2) is 24.3 Å². The van der Waals surface area contributed by atoms with Crippen LogP contribution in [0.25, 0.3) is 0 Å². The zero-order valence-electron chi connectivity index (χ0n) is 12.4. The number of rotatable bonds is 8. The average Bonchev–Trinajstić information content (AvgIpc) is 2.45. The second kappa shape index (κ2) is 8.74. The predicted molar refractivity (Wildman–Crippen MR) is 85.3 cm³/mol. The van der Waals surface area contributed by atoms with Gasteiger partial charge in [0, 0.05) is 16.6 Å². The van der Waals surface area contributed by atoms with Crippen molar-refractivity contribution < 1.29 is 9.53 Å². The number of amides is 1. The highest BCUT2D eigenvalue weighted by molar-refractivity contribution is 8.00. The molecule has 0 aliphatic rings. The molecule has 5 heteroatoms. The Morgan fingerprint density at radius 1 is 1.35 bits per heavy atom. The molecule has 1 aromatic carbocycles. The van der Waals surface area contributed by atoms with Crippen LogP contribution < -0.4 is 15.8 Å². The van der Waals surface area contributed by atoms with Gasteiger partial charge in [0.05, 0.1) is 12.4 Å². The monoisotopic (exact) mass is 296 g/mol. The lowest BCUT2D eigenvalue weighted by Crippen LogP contribution is -2.35. The maximum absolute atomic E-state index is 11.9. The Balaban J connectivity index is 2.56. The normalized spacial score (nSPS) is 10.6. The second-order valence-corrected chi connectivity index (χ2v) is 5.52.